The Labute approximate surface area is 68.2 Å². The lowest BCUT2D eigenvalue weighted by atomic mass is 9.92. The van der Waals surface area contributed by atoms with Crippen molar-refractivity contribution in [3.8, 4) is 0 Å². The summed E-state index contributed by atoms with van der Waals surface area (Å²) in [6.45, 7) is 7.44. The second kappa shape index (κ2) is 3.76. The van der Waals surface area contributed by atoms with E-state index in [-0.39, 0.29) is 0 Å². The zero-order valence-electron chi connectivity index (χ0n) is 6.90. The third kappa shape index (κ3) is 7.69. The van der Waals surface area contributed by atoms with Crippen LogP contribution < -0.4 is 11.1 Å². The summed E-state index contributed by atoms with van der Waals surface area (Å²) in [6, 6.07) is 0. The van der Waals surface area contributed by atoms with Gasteiger partial charge >= 0.3 is 0 Å². The van der Waals surface area contributed by atoms with Crippen LogP contribution in [0, 0.1) is 5.41 Å². The third-order valence-electron chi connectivity index (χ3n) is 1.17. The van der Waals surface area contributed by atoms with Crippen LogP contribution in [-0.2, 0) is 0 Å². The molecule has 0 aliphatic heterocycles. The molecule has 0 bridgehead atoms. The molecule has 0 aromatic rings. The molecule has 3 heteroatoms. The van der Waals surface area contributed by atoms with Crippen LogP contribution in [0.25, 0.3) is 0 Å². The van der Waals surface area contributed by atoms with Crippen molar-refractivity contribution in [2.75, 3.05) is 6.54 Å². The van der Waals surface area contributed by atoms with E-state index in [9.17, 15) is 0 Å². The summed E-state index contributed by atoms with van der Waals surface area (Å²) >= 11 is 4.65. The molecule has 0 spiro atoms. The summed E-state index contributed by atoms with van der Waals surface area (Å²) in [5.41, 5.74) is 5.60. The Kier molecular flexibility index (Phi) is 3.64. The summed E-state index contributed by atoms with van der Waals surface area (Å²) in [4.78, 5) is 0. The maximum atomic E-state index is 5.24. The molecule has 10 heavy (non-hydrogen) atoms. The van der Waals surface area contributed by atoms with Crippen molar-refractivity contribution >= 4 is 17.3 Å². The van der Waals surface area contributed by atoms with Gasteiger partial charge in [0.1, 0.15) is 0 Å². The Morgan fingerprint density at radius 2 is 2.00 bits per heavy atom. The molecule has 0 atom stereocenters. The molecule has 0 rings (SSSR count). The molecule has 0 saturated carbocycles. The Morgan fingerprint density at radius 3 is 2.30 bits per heavy atom. The molecular formula is C7H16N2S. The molecule has 0 aromatic heterocycles. The molecule has 3 N–H and O–H groups in total. The van der Waals surface area contributed by atoms with E-state index < -0.39 is 0 Å². The zero-order chi connectivity index (χ0) is 8.20. The van der Waals surface area contributed by atoms with E-state index in [2.05, 4.69) is 38.3 Å². The number of hydrogen-bond donors (Lipinski definition) is 2. The molecule has 0 aliphatic carbocycles. The van der Waals surface area contributed by atoms with Gasteiger partial charge in [-0.25, -0.2) is 0 Å². The predicted molar refractivity (Wildman–Crippen MR) is 48.9 cm³/mol. The first kappa shape index (κ1) is 9.69. The van der Waals surface area contributed by atoms with E-state index in [0.29, 0.717) is 10.5 Å². The summed E-state index contributed by atoms with van der Waals surface area (Å²) in [6.07, 6.45) is 1.09. The first-order chi connectivity index (χ1) is 4.42. The van der Waals surface area contributed by atoms with E-state index in [1.54, 1.807) is 0 Å². The fourth-order valence-corrected chi connectivity index (χ4v) is 0.663. The smallest absolute Gasteiger partial charge is 0.163 e. The standard InChI is InChI=1S/C7H16N2S/c1-7(2,3)4-5-9-6(8)10/h4-5H2,1-3H3,(H3,8,9,10). The number of nitrogens with one attached hydrogen (secondary N) is 1. The lowest BCUT2D eigenvalue weighted by Crippen LogP contribution is -2.31. The maximum absolute atomic E-state index is 5.24. The Morgan fingerprint density at radius 1 is 1.50 bits per heavy atom. The highest BCUT2D eigenvalue weighted by Gasteiger charge is 2.08. The van der Waals surface area contributed by atoms with Crippen molar-refractivity contribution in [3.05, 3.63) is 0 Å². The van der Waals surface area contributed by atoms with E-state index in [1.807, 2.05) is 0 Å². The third-order valence-corrected chi connectivity index (χ3v) is 1.32. The lowest BCUT2D eigenvalue weighted by Gasteiger charge is -2.17. The molecule has 0 aliphatic rings. The summed E-state index contributed by atoms with van der Waals surface area (Å²) in [7, 11) is 0. The second-order valence-electron chi connectivity index (χ2n) is 3.60. The van der Waals surface area contributed by atoms with Crippen LogP contribution in [0.15, 0.2) is 0 Å². The highest BCUT2D eigenvalue weighted by atomic mass is 32.1. The average Bonchev–Trinajstić information content (AvgIpc) is 1.59. The molecule has 0 heterocycles. The molecule has 2 nitrogen and oxygen atoms in total. The SMILES string of the molecule is CC(C)(C)CCNC(N)=S. The minimum Gasteiger partial charge on any atom is -0.376 e. The number of rotatable bonds is 2. The number of nitrogens with two attached hydrogens (primary N) is 1. The van der Waals surface area contributed by atoms with Crippen LogP contribution in [0.2, 0.25) is 0 Å². The monoisotopic (exact) mass is 160 g/mol. The van der Waals surface area contributed by atoms with Crippen molar-refractivity contribution in [2.24, 2.45) is 11.1 Å². The first-order valence-electron chi connectivity index (χ1n) is 3.45. The van der Waals surface area contributed by atoms with Gasteiger partial charge in [-0.05, 0) is 24.1 Å². The average molecular weight is 160 g/mol. The number of thiocarbonyl (C=S) groups is 1. The molecule has 0 aromatic carbocycles. The maximum Gasteiger partial charge on any atom is 0.163 e. The molecular weight excluding hydrogens is 144 g/mol. The van der Waals surface area contributed by atoms with Gasteiger partial charge in [0.25, 0.3) is 0 Å². The Hall–Kier alpha value is -0.310. The van der Waals surface area contributed by atoms with Crippen molar-refractivity contribution in [3.63, 3.8) is 0 Å². The van der Waals surface area contributed by atoms with Crippen molar-refractivity contribution < 1.29 is 0 Å². The van der Waals surface area contributed by atoms with E-state index >= 15 is 0 Å². The van der Waals surface area contributed by atoms with Gasteiger partial charge in [-0.1, -0.05) is 20.8 Å². The first-order valence-corrected chi connectivity index (χ1v) is 3.86. The molecule has 60 valence electrons. The molecule has 0 fully saturated rings. The Bertz CT molecular complexity index is 115. The van der Waals surface area contributed by atoms with E-state index in [0.717, 1.165) is 13.0 Å². The summed E-state index contributed by atoms with van der Waals surface area (Å²) in [5.74, 6) is 0. The predicted octanol–water partition coefficient (Wildman–Crippen LogP) is 1.26. The largest absolute Gasteiger partial charge is 0.376 e. The van der Waals surface area contributed by atoms with Gasteiger partial charge in [-0.2, -0.15) is 0 Å². The van der Waals surface area contributed by atoms with Crippen molar-refractivity contribution in [1.82, 2.24) is 5.32 Å². The fraction of sp³-hybridized carbons (Fsp3) is 0.857. The van der Waals surface area contributed by atoms with Crippen LogP contribution in [0.5, 0.6) is 0 Å². The van der Waals surface area contributed by atoms with Gasteiger partial charge in [0, 0.05) is 6.54 Å². The van der Waals surface area contributed by atoms with Crippen LogP contribution >= 0.6 is 12.2 Å². The Balaban J connectivity index is 3.29. The van der Waals surface area contributed by atoms with Gasteiger partial charge in [0.2, 0.25) is 0 Å². The summed E-state index contributed by atoms with van der Waals surface area (Å²) < 4.78 is 0. The number of hydrogen-bond acceptors (Lipinski definition) is 1. The van der Waals surface area contributed by atoms with Crippen molar-refractivity contribution in [1.29, 1.82) is 0 Å². The highest BCUT2D eigenvalue weighted by Crippen LogP contribution is 2.16. The molecule has 0 saturated heterocycles. The lowest BCUT2D eigenvalue weighted by molar-refractivity contribution is 0.378. The van der Waals surface area contributed by atoms with E-state index in [1.165, 1.54) is 0 Å². The normalized spacial score (nSPS) is 11.1. The molecule has 0 radical (unpaired) electrons. The molecule has 0 unspecified atom stereocenters. The van der Waals surface area contributed by atoms with Crippen LogP contribution in [-0.4, -0.2) is 11.7 Å². The van der Waals surface area contributed by atoms with Crippen LogP contribution in [0.3, 0.4) is 0 Å². The van der Waals surface area contributed by atoms with Crippen molar-refractivity contribution in [2.45, 2.75) is 27.2 Å². The quantitative estimate of drug-likeness (QED) is 0.597. The van der Waals surface area contributed by atoms with Gasteiger partial charge in [-0.3, -0.25) is 0 Å². The minimum absolute atomic E-state index is 0.359. The van der Waals surface area contributed by atoms with Gasteiger partial charge in [0.05, 0.1) is 0 Å². The topological polar surface area (TPSA) is 38.0 Å². The second-order valence-corrected chi connectivity index (χ2v) is 4.04. The molecule has 0 amide bonds. The zero-order valence-corrected chi connectivity index (χ0v) is 7.72. The van der Waals surface area contributed by atoms with E-state index in [4.69, 9.17) is 5.73 Å². The van der Waals surface area contributed by atoms with Gasteiger partial charge in [-0.15, -0.1) is 0 Å². The highest BCUT2D eigenvalue weighted by molar-refractivity contribution is 7.80. The van der Waals surface area contributed by atoms with Gasteiger partial charge < -0.3 is 11.1 Å². The van der Waals surface area contributed by atoms with Gasteiger partial charge in [0.15, 0.2) is 5.11 Å². The fourth-order valence-electron chi connectivity index (χ4n) is 0.561. The van der Waals surface area contributed by atoms with Crippen LogP contribution in [0.4, 0.5) is 0 Å². The minimum atomic E-state index is 0.359. The van der Waals surface area contributed by atoms with Crippen LogP contribution in [0.1, 0.15) is 27.2 Å². The summed E-state index contributed by atoms with van der Waals surface area (Å²) in [5, 5.41) is 3.30.